The van der Waals surface area contributed by atoms with E-state index in [1.807, 2.05) is 19.6 Å². The van der Waals surface area contributed by atoms with Crippen LogP contribution in [0.5, 0.6) is 11.6 Å². The molecule has 34 heavy (non-hydrogen) atoms. The molecule has 1 aromatic heterocycles. The smallest absolute Gasteiger partial charge is 0.293 e. The van der Waals surface area contributed by atoms with Gasteiger partial charge in [0.1, 0.15) is 23.4 Å². The second-order valence-corrected chi connectivity index (χ2v) is 13.7. The van der Waals surface area contributed by atoms with Gasteiger partial charge in [0.05, 0.1) is 26.9 Å². The molecule has 0 aliphatic carbocycles. The molecule has 0 spiro atoms. The molecule has 0 aliphatic heterocycles. The maximum absolute atomic E-state index is 14.8. The molecule has 0 radical (unpaired) electrons. The molecule has 0 bridgehead atoms. The number of carbonyl (C=O) groups is 2. The van der Waals surface area contributed by atoms with Crippen molar-refractivity contribution in [2.24, 2.45) is 0 Å². The highest BCUT2D eigenvalue weighted by molar-refractivity contribution is 6.88. The standard InChI is InChI=1S/C23H25F2N3O5Si/c1-28(23(31)18-12-20(29)27-33-18)21(13-6-8-14(32-2)9-7-13)22(30)26-17-10-16(25)19(11-15(17)24)34(3,4)5/h6-12,21H,1-5H3,(H,26,30)(H,27,29)/t21-/m1/s1. The number of likely N-dealkylation sites (N-methyl/N-ethyl adjacent to an activating group) is 1. The molecule has 3 rings (SSSR count). The van der Waals surface area contributed by atoms with Gasteiger partial charge in [0.15, 0.2) is 0 Å². The first kappa shape index (κ1) is 24.9. The third-order valence-electron chi connectivity index (χ3n) is 5.22. The van der Waals surface area contributed by atoms with Gasteiger partial charge < -0.3 is 24.6 Å². The van der Waals surface area contributed by atoms with E-state index in [4.69, 9.17) is 9.26 Å². The summed E-state index contributed by atoms with van der Waals surface area (Å²) in [6.45, 7) is 5.64. The van der Waals surface area contributed by atoms with Crippen LogP contribution in [0, 0.1) is 11.6 Å². The zero-order valence-corrected chi connectivity index (χ0v) is 20.3. The predicted molar refractivity (Wildman–Crippen MR) is 124 cm³/mol. The number of nitrogens with one attached hydrogen (secondary N) is 1. The van der Waals surface area contributed by atoms with Crippen molar-refractivity contribution in [2.75, 3.05) is 19.5 Å². The molecule has 8 nitrogen and oxygen atoms in total. The van der Waals surface area contributed by atoms with Crippen molar-refractivity contribution in [1.29, 1.82) is 0 Å². The van der Waals surface area contributed by atoms with Gasteiger partial charge in [-0.3, -0.25) is 9.59 Å². The number of nitrogens with zero attached hydrogens (tertiary/aromatic N) is 2. The Morgan fingerprint density at radius 3 is 2.29 bits per heavy atom. The molecular formula is C23H25F2N3O5Si. The average molecular weight is 490 g/mol. The molecular weight excluding hydrogens is 464 g/mol. The second-order valence-electron chi connectivity index (χ2n) is 8.69. The van der Waals surface area contributed by atoms with Gasteiger partial charge in [0, 0.05) is 13.1 Å². The second kappa shape index (κ2) is 9.63. The summed E-state index contributed by atoms with van der Waals surface area (Å²) in [5.74, 6) is -3.22. The van der Waals surface area contributed by atoms with Crippen molar-refractivity contribution in [3.05, 3.63) is 65.4 Å². The van der Waals surface area contributed by atoms with E-state index in [0.29, 0.717) is 16.5 Å². The summed E-state index contributed by atoms with van der Waals surface area (Å²) >= 11 is 0. The Morgan fingerprint density at radius 1 is 1.12 bits per heavy atom. The summed E-state index contributed by atoms with van der Waals surface area (Å²) < 4.78 is 39.4. The molecule has 0 fully saturated rings. The Bertz CT molecular complexity index is 1210. The average Bonchev–Trinajstić information content (AvgIpc) is 3.21. The Kier molecular flexibility index (Phi) is 7.06. The van der Waals surface area contributed by atoms with Gasteiger partial charge in [0.2, 0.25) is 5.76 Å². The van der Waals surface area contributed by atoms with Crippen molar-refractivity contribution in [1.82, 2.24) is 10.1 Å². The number of benzene rings is 2. The number of carbonyl (C=O) groups excluding carboxylic acids is 2. The number of rotatable bonds is 7. The Balaban J connectivity index is 1.98. The monoisotopic (exact) mass is 489 g/mol. The number of aromatic hydroxyl groups is 1. The van der Waals surface area contributed by atoms with E-state index in [0.717, 1.165) is 23.1 Å². The lowest BCUT2D eigenvalue weighted by Gasteiger charge is -2.27. The van der Waals surface area contributed by atoms with Gasteiger partial charge in [-0.2, -0.15) is 0 Å². The third-order valence-corrected chi connectivity index (χ3v) is 7.22. The van der Waals surface area contributed by atoms with Crippen LogP contribution in [-0.4, -0.2) is 49.2 Å². The number of aromatic nitrogens is 1. The number of methoxy groups -OCH3 is 1. The van der Waals surface area contributed by atoms with Crippen LogP contribution < -0.4 is 15.2 Å². The normalized spacial score (nSPS) is 12.2. The molecule has 1 heterocycles. The molecule has 11 heteroatoms. The van der Waals surface area contributed by atoms with Crippen LogP contribution in [0.25, 0.3) is 0 Å². The molecule has 3 aromatic rings. The molecule has 0 unspecified atom stereocenters. The molecule has 1 atom stereocenters. The fourth-order valence-corrected chi connectivity index (χ4v) is 4.76. The van der Waals surface area contributed by atoms with E-state index in [9.17, 15) is 23.5 Å². The summed E-state index contributed by atoms with van der Waals surface area (Å²) in [7, 11) is 0.661. The molecule has 0 saturated heterocycles. The van der Waals surface area contributed by atoms with Crippen LogP contribution in [0.4, 0.5) is 14.5 Å². The van der Waals surface area contributed by atoms with Crippen LogP contribution >= 0.6 is 0 Å². The first-order valence-corrected chi connectivity index (χ1v) is 13.8. The van der Waals surface area contributed by atoms with Crippen LogP contribution in [0.15, 0.2) is 47.0 Å². The summed E-state index contributed by atoms with van der Waals surface area (Å²) in [5, 5.41) is 15.3. The van der Waals surface area contributed by atoms with Crippen molar-refractivity contribution >= 4 is 30.8 Å². The Hall–Kier alpha value is -3.73. The maximum atomic E-state index is 14.8. The van der Waals surface area contributed by atoms with Gasteiger partial charge in [0.25, 0.3) is 17.7 Å². The highest BCUT2D eigenvalue weighted by Gasteiger charge is 2.32. The van der Waals surface area contributed by atoms with Gasteiger partial charge >= 0.3 is 0 Å². The Morgan fingerprint density at radius 2 is 1.76 bits per heavy atom. The van der Waals surface area contributed by atoms with E-state index >= 15 is 0 Å². The van der Waals surface area contributed by atoms with E-state index in [-0.39, 0.29) is 11.4 Å². The summed E-state index contributed by atoms with van der Waals surface area (Å²) in [4.78, 5) is 27.2. The van der Waals surface area contributed by atoms with Crippen LogP contribution in [0.1, 0.15) is 22.2 Å². The molecule has 0 saturated carbocycles. The zero-order chi connectivity index (χ0) is 25.2. The predicted octanol–water partition coefficient (Wildman–Crippen LogP) is 3.66. The van der Waals surface area contributed by atoms with Crippen LogP contribution in [-0.2, 0) is 4.79 Å². The van der Waals surface area contributed by atoms with Crippen molar-refractivity contribution in [3.8, 4) is 11.6 Å². The number of ether oxygens (including phenoxy) is 1. The van der Waals surface area contributed by atoms with Gasteiger partial charge in [-0.05, 0) is 34.1 Å². The first-order chi connectivity index (χ1) is 15.9. The number of hydrogen-bond donors (Lipinski definition) is 2. The van der Waals surface area contributed by atoms with Crippen molar-refractivity contribution in [2.45, 2.75) is 25.7 Å². The fourth-order valence-electron chi connectivity index (χ4n) is 3.41. The molecule has 2 aromatic carbocycles. The first-order valence-electron chi connectivity index (χ1n) is 10.3. The summed E-state index contributed by atoms with van der Waals surface area (Å²) in [6.07, 6.45) is 0. The quantitative estimate of drug-likeness (QED) is 0.491. The number of amides is 2. The lowest BCUT2D eigenvalue weighted by Crippen LogP contribution is -2.41. The van der Waals surface area contributed by atoms with E-state index in [1.165, 1.54) is 14.2 Å². The molecule has 0 aliphatic rings. The molecule has 2 amide bonds. The lowest BCUT2D eigenvalue weighted by molar-refractivity contribution is -0.120. The van der Waals surface area contributed by atoms with Crippen molar-refractivity contribution in [3.63, 3.8) is 0 Å². The number of hydrogen-bond acceptors (Lipinski definition) is 6. The number of halogens is 2. The van der Waals surface area contributed by atoms with E-state index in [1.54, 1.807) is 24.3 Å². The van der Waals surface area contributed by atoms with E-state index < -0.39 is 43.4 Å². The topological polar surface area (TPSA) is 105 Å². The minimum atomic E-state index is -2.15. The minimum absolute atomic E-state index is 0.298. The van der Waals surface area contributed by atoms with Crippen LogP contribution in [0.2, 0.25) is 19.6 Å². The zero-order valence-electron chi connectivity index (χ0n) is 19.3. The lowest BCUT2D eigenvalue weighted by atomic mass is 10.0. The van der Waals surface area contributed by atoms with Crippen LogP contribution in [0.3, 0.4) is 0 Å². The SMILES string of the molecule is COc1ccc([C@H](C(=O)Nc2cc(F)c([Si](C)(C)C)cc2F)N(C)C(=O)c2cc(O)no2)cc1. The summed E-state index contributed by atoms with van der Waals surface area (Å²) in [6, 6.07) is 8.12. The molecule has 2 N–H and O–H groups in total. The van der Waals surface area contributed by atoms with Gasteiger partial charge in [-0.25, -0.2) is 8.78 Å². The van der Waals surface area contributed by atoms with Crippen molar-refractivity contribution < 1.29 is 32.7 Å². The van der Waals surface area contributed by atoms with Gasteiger partial charge in [-0.15, -0.1) is 0 Å². The maximum Gasteiger partial charge on any atom is 0.293 e. The third kappa shape index (κ3) is 5.25. The summed E-state index contributed by atoms with van der Waals surface area (Å²) in [5.41, 5.74) is 0.0265. The van der Waals surface area contributed by atoms with Gasteiger partial charge in [-0.1, -0.05) is 31.8 Å². The van der Waals surface area contributed by atoms with E-state index in [2.05, 4.69) is 10.5 Å². The highest BCUT2D eigenvalue weighted by Crippen LogP contribution is 2.27. The largest absolute Gasteiger partial charge is 0.497 e. The minimum Gasteiger partial charge on any atom is -0.497 e. The fraction of sp³-hybridized carbons (Fsp3) is 0.261. The molecule has 180 valence electrons. The Labute approximate surface area is 196 Å². The number of anilines is 1. The highest BCUT2D eigenvalue weighted by atomic mass is 28.3.